The molecule has 0 spiro atoms. The number of rotatable bonds is 19. The highest BCUT2D eigenvalue weighted by atomic mass is 31.2. The van der Waals surface area contributed by atoms with Gasteiger partial charge in [-0.2, -0.15) is 0 Å². The SMILES string of the molecule is CCCc1ccc(OC(c2ccc(CCC)cc2CCC)C(CO)(COP(O)O)COP(O)O)c(CCC)c1. The Balaban J connectivity index is 2.75. The fraction of sp³-hybridized carbons (Fsp3) is 0.586. The van der Waals surface area contributed by atoms with Gasteiger partial charge in [0.05, 0.1) is 25.2 Å². The number of aliphatic hydroxyl groups is 1. The highest BCUT2D eigenvalue weighted by Gasteiger charge is 2.45. The molecule has 0 aromatic heterocycles. The number of ether oxygens (including phenoxy) is 1. The minimum Gasteiger partial charge on any atom is -0.485 e. The zero-order valence-electron chi connectivity index (χ0n) is 23.7. The third-order valence-corrected chi connectivity index (χ3v) is 7.50. The minimum absolute atomic E-state index is 0.338. The zero-order valence-corrected chi connectivity index (χ0v) is 25.5. The third-order valence-electron chi connectivity index (χ3n) is 6.78. The molecule has 0 aliphatic heterocycles. The van der Waals surface area contributed by atoms with Crippen molar-refractivity contribution >= 4 is 17.2 Å². The first kappa shape index (κ1) is 34.0. The summed E-state index contributed by atoms with van der Waals surface area (Å²) in [6.45, 7) is 7.27. The van der Waals surface area contributed by atoms with Crippen molar-refractivity contribution in [2.75, 3.05) is 19.8 Å². The number of benzene rings is 2. The molecular formula is C29H46O8P2. The van der Waals surface area contributed by atoms with Crippen LogP contribution in [-0.2, 0) is 34.7 Å². The Kier molecular flexibility index (Phi) is 15.3. The lowest BCUT2D eigenvalue weighted by Crippen LogP contribution is -2.44. The molecule has 0 heterocycles. The summed E-state index contributed by atoms with van der Waals surface area (Å²) in [5.74, 6) is 0.658. The molecule has 8 nitrogen and oxygen atoms in total. The Morgan fingerprint density at radius 1 is 0.692 bits per heavy atom. The first-order valence-electron chi connectivity index (χ1n) is 13.9. The molecule has 0 amide bonds. The fourth-order valence-electron chi connectivity index (χ4n) is 4.89. The first-order chi connectivity index (χ1) is 18.7. The predicted octanol–water partition coefficient (Wildman–Crippen LogP) is 6.05. The molecule has 0 saturated heterocycles. The van der Waals surface area contributed by atoms with Gasteiger partial charge in [0.15, 0.2) is 0 Å². The van der Waals surface area contributed by atoms with Crippen LogP contribution in [0.3, 0.4) is 0 Å². The van der Waals surface area contributed by atoms with Crippen molar-refractivity contribution < 1.29 is 38.5 Å². The van der Waals surface area contributed by atoms with E-state index in [4.69, 9.17) is 13.8 Å². The zero-order chi connectivity index (χ0) is 28.8. The van der Waals surface area contributed by atoms with Gasteiger partial charge in [0.25, 0.3) is 0 Å². The summed E-state index contributed by atoms with van der Waals surface area (Å²) < 4.78 is 17.3. The molecule has 220 valence electrons. The van der Waals surface area contributed by atoms with Crippen molar-refractivity contribution in [1.29, 1.82) is 0 Å². The van der Waals surface area contributed by atoms with E-state index in [0.29, 0.717) is 5.75 Å². The molecule has 1 atom stereocenters. The van der Waals surface area contributed by atoms with E-state index in [9.17, 15) is 24.7 Å². The van der Waals surface area contributed by atoms with E-state index in [1.807, 2.05) is 24.3 Å². The summed E-state index contributed by atoms with van der Waals surface area (Å²) in [5.41, 5.74) is 3.95. The molecule has 0 saturated carbocycles. The average molecular weight is 585 g/mol. The van der Waals surface area contributed by atoms with Gasteiger partial charge in [0, 0.05) is 0 Å². The maximum absolute atomic E-state index is 10.8. The average Bonchev–Trinajstić information content (AvgIpc) is 2.90. The predicted molar refractivity (Wildman–Crippen MR) is 156 cm³/mol. The number of hydrogen-bond acceptors (Lipinski definition) is 8. The van der Waals surface area contributed by atoms with E-state index in [1.54, 1.807) is 0 Å². The minimum atomic E-state index is -2.74. The van der Waals surface area contributed by atoms with Crippen LogP contribution in [0.15, 0.2) is 36.4 Å². The molecule has 39 heavy (non-hydrogen) atoms. The summed E-state index contributed by atoms with van der Waals surface area (Å²) in [7, 11) is -5.47. The molecule has 0 aliphatic carbocycles. The van der Waals surface area contributed by atoms with Gasteiger partial charge < -0.3 is 38.5 Å². The quantitative estimate of drug-likeness (QED) is 0.126. The van der Waals surface area contributed by atoms with Crippen LogP contribution in [0.25, 0.3) is 0 Å². The van der Waals surface area contributed by atoms with Crippen LogP contribution in [0.1, 0.15) is 87.3 Å². The summed E-state index contributed by atoms with van der Waals surface area (Å²) in [4.78, 5) is 38.4. The molecule has 2 aromatic rings. The normalized spacial score (nSPS) is 12.9. The second kappa shape index (κ2) is 17.6. The molecule has 0 radical (unpaired) electrons. The third kappa shape index (κ3) is 10.3. The highest BCUT2D eigenvalue weighted by Crippen LogP contribution is 2.45. The Morgan fingerprint density at radius 3 is 1.67 bits per heavy atom. The first-order valence-corrected chi connectivity index (χ1v) is 16.2. The smallest absolute Gasteiger partial charge is 0.327 e. The van der Waals surface area contributed by atoms with Crippen molar-refractivity contribution in [2.45, 2.75) is 85.2 Å². The lowest BCUT2D eigenvalue weighted by atomic mass is 9.78. The van der Waals surface area contributed by atoms with Crippen LogP contribution >= 0.6 is 17.2 Å². The Labute approximate surface area is 236 Å². The van der Waals surface area contributed by atoms with Gasteiger partial charge in [-0.15, -0.1) is 0 Å². The van der Waals surface area contributed by atoms with Gasteiger partial charge in [0.2, 0.25) is 0 Å². The monoisotopic (exact) mass is 584 g/mol. The maximum Gasteiger partial charge on any atom is 0.327 e. The highest BCUT2D eigenvalue weighted by molar-refractivity contribution is 7.39. The van der Waals surface area contributed by atoms with Crippen LogP contribution < -0.4 is 4.74 Å². The lowest BCUT2D eigenvalue weighted by molar-refractivity contribution is -0.0659. The summed E-state index contributed by atoms with van der Waals surface area (Å²) in [6.07, 6.45) is 6.44. The van der Waals surface area contributed by atoms with Crippen molar-refractivity contribution in [3.8, 4) is 5.75 Å². The Morgan fingerprint density at radius 2 is 1.18 bits per heavy atom. The van der Waals surface area contributed by atoms with E-state index in [1.165, 1.54) is 11.1 Å². The number of aryl methyl sites for hydroxylation is 4. The van der Waals surface area contributed by atoms with Crippen molar-refractivity contribution in [1.82, 2.24) is 0 Å². The maximum atomic E-state index is 10.8. The second-order valence-electron chi connectivity index (χ2n) is 10.0. The molecule has 10 heteroatoms. The van der Waals surface area contributed by atoms with Gasteiger partial charge in [-0.1, -0.05) is 83.7 Å². The van der Waals surface area contributed by atoms with E-state index in [0.717, 1.165) is 68.1 Å². The second-order valence-corrected chi connectivity index (χ2v) is 11.6. The van der Waals surface area contributed by atoms with Crippen LogP contribution in [-0.4, -0.2) is 44.5 Å². The molecule has 2 aromatic carbocycles. The lowest BCUT2D eigenvalue weighted by Gasteiger charge is -2.40. The molecular weight excluding hydrogens is 538 g/mol. The van der Waals surface area contributed by atoms with Crippen LogP contribution in [0, 0.1) is 5.41 Å². The van der Waals surface area contributed by atoms with E-state index in [-0.39, 0.29) is 13.2 Å². The van der Waals surface area contributed by atoms with E-state index >= 15 is 0 Å². The summed E-state index contributed by atoms with van der Waals surface area (Å²) >= 11 is 0. The largest absolute Gasteiger partial charge is 0.485 e. The van der Waals surface area contributed by atoms with Gasteiger partial charge in [0.1, 0.15) is 11.9 Å². The van der Waals surface area contributed by atoms with Gasteiger partial charge in [-0.3, -0.25) is 0 Å². The Hall–Kier alpha value is -1.18. The van der Waals surface area contributed by atoms with Crippen LogP contribution in [0.5, 0.6) is 5.75 Å². The Bertz CT molecular complexity index is 974. The molecule has 1 unspecified atom stereocenters. The standard InChI is InChI=1S/C29H46O8P2/c1-5-9-22-13-15-26(24(17-22)11-7-3)28(29(19-30,20-35-38(31)32)21-36-39(33)34)37-27-16-14-23(10-6-2)18-25(27)12-8-4/h13-18,28,30-34H,5-12,19-21H2,1-4H3. The topological polar surface area (TPSA) is 129 Å². The summed E-state index contributed by atoms with van der Waals surface area (Å²) in [5, 5.41) is 10.8. The van der Waals surface area contributed by atoms with Gasteiger partial charge in [-0.05, 0) is 59.6 Å². The van der Waals surface area contributed by atoms with Gasteiger partial charge >= 0.3 is 17.2 Å². The summed E-state index contributed by atoms with van der Waals surface area (Å²) in [6, 6.07) is 12.4. The molecule has 2 rings (SSSR count). The van der Waals surface area contributed by atoms with Crippen molar-refractivity contribution in [3.63, 3.8) is 0 Å². The van der Waals surface area contributed by atoms with Gasteiger partial charge in [-0.25, -0.2) is 0 Å². The van der Waals surface area contributed by atoms with E-state index < -0.39 is 35.3 Å². The fourth-order valence-corrected chi connectivity index (χ4v) is 5.63. The van der Waals surface area contributed by atoms with Crippen LogP contribution in [0.4, 0.5) is 0 Å². The molecule has 0 fully saturated rings. The molecule has 5 N–H and O–H groups in total. The molecule has 0 bridgehead atoms. The number of hydrogen-bond donors (Lipinski definition) is 5. The van der Waals surface area contributed by atoms with Crippen LogP contribution in [0.2, 0.25) is 0 Å². The van der Waals surface area contributed by atoms with Crippen molar-refractivity contribution in [2.24, 2.45) is 5.41 Å². The van der Waals surface area contributed by atoms with E-state index in [2.05, 4.69) is 39.8 Å². The van der Waals surface area contributed by atoms with Crippen molar-refractivity contribution in [3.05, 3.63) is 64.2 Å². The number of aliphatic hydroxyl groups excluding tert-OH is 1. The molecule has 0 aliphatic rings.